The van der Waals surface area contributed by atoms with Crippen molar-refractivity contribution in [2.24, 2.45) is 5.92 Å². The molecule has 6 heteroatoms. The van der Waals surface area contributed by atoms with Crippen LogP contribution in [0, 0.1) is 5.92 Å². The Kier molecular flexibility index (Phi) is 3.86. The molecule has 1 aromatic heterocycles. The molecule has 2 rings (SSSR count). The lowest BCUT2D eigenvalue weighted by atomic mass is 10.1. The third-order valence-corrected chi connectivity index (χ3v) is 3.06. The Morgan fingerprint density at radius 3 is 3.06 bits per heavy atom. The van der Waals surface area contributed by atoms with Crippen molar-refractivity contribution in [3.63, 3.8) is 0 Å². The van der Waals surface area contributed by atoms with E-state index in [0.717, 1.165) is 12.0 Å². The molecule has 1 fully saturated rings. The fraction of sp³-hybridized carbons (Fsp3) is 0.500. The number of carbonyl (C=O) groups excluding carboxylic acids is 1. The van der Waals surface area contributed by atoms with E-state index in [2.05, 4.69) is 5.32 Å². The number of hydrogen-bond donors (Lipinski definition) is 2. The summed E-state index contributed by atoms with van der Waals surface area (Å²) in [6.45, 7) is 1.56. The molecule has 1 atom stereocenters. The predicted molar refractivity (Wildman–Crippen MR) is 62.9 cm³/mol. The second-order valence-corrected chi connectivity index (χ2v) is 4.49. The molecule has 98 valence electrons. The number of amides is 2. The maximum atomic E-state index is 11.8. The molecule has 1 saturated heterocycles. The Bertz CT molecular complexity index is 416. The van der Waals surface area contributed by atoms with Crippen molar-refractivity contribution in [1.82, 2.24) is 10.2 Å². The van der Waals surface area contributed by atoms with E-state index in [1.165, 1.54) is 0 Å². The van der Waals surface area contributed by atoms with Gasteiger partial charge in [-0.1, -0.05) is 0 Å². The normalized spacial score (nSPS) is 18.9. The summed E-state index contributed by atoms with van der Waals surface area (Å²) in [4.78, 5) is 24.1. The van der Waals surface area contributed by atoms with Crippen LogP contribution in [0.4, 0.5) is 4.79 Å². The van der Waals surface area contributed by atoms with E-state index in [1.54, 1.807) is 23.5 Å². The minimum atomic E-state index is -0.805. The summed E-state index contributed by atoms with van der Waals surface area (Å²) in [7, 11) is 0. The van der Waals surface area contributed by atoms with Gasteiger partial charge in [-0.25, -0.2) is 4.79 Å². The molecule has 0 spiro atoms. The maximum absolute atomic E-state index is 11.8. The number of carbonyl (C=O) groups is 2. The molecule has 18 heavy (non-hydrogen) atoms. The van der Waals surface area contributed by atoms with Gasteiger partial charge in [-0.15, -0.1) is 0 Å². The van der Waals surface area contributed by atoms with Gasteiger partial charge in [0.05, 0.1) is 12.5 Å². The first-order valence-electron chi connectivity index (χ1n) is 5.91. The van der Waals surface area contributed by atoms with Crippen molar-refractivity contribution in [3.8, 4) is 0 Å². The Morgan fingerprint density at radius 2 is 2.39 bits per heavy atom. The van der Waals surface area contributed by atoms with E-state index in [4.69, 9.17) is 9.52 Å². The summed E-state index contributed by atoms with van der Waals surface area (Å²) in [6.07, 6.45) is 4.02. The molecule has 1 aromatic rings. The third kappa shape index (κ3) is 3.26. The first-order chi connectivity index (χ1) is 8.65. The number of likely N-dealkylation sites (tertiary alicyclic amines) is 1. The molecule has 0 saturated carbocycles. The number of rotatable bonds is 4. The lowest BCUT2D eigenvalue weighted by molar-refractivity contribution is -0.138. The zero-order valence-corrected chi connectivity index (χ0v) is 9.96. The van der Waals surface area contributed by atoms with Crippen molar-refractivity contribution >= 4 is 12.0 Å². The molecule has 0 bridgehead atoms. The lowest BCUT2D eigenvalue weighted by Gasteiger charge is -2.16. The highest BCUT2D eigenvalue weighted by atomic mass is 16.4. The van der Waals surface area contributed by atoms with Crippen LogP contribution in [0.5, 0.6) is 0 Å². The van der Waals surface area contributed by atoms with Crippen LogP contribution in [0.1, 0.15) is 18.4 Å². The van der Waals surface area contributed by atoms with Gasteiger partial charge in [0.25, 0.3) is 0 Å². The highest BCUT2D eigenvalue weighted by molar-refractivity contribution is 5.74. The first-order valence-corrected chi connectivity index (χ1v) is 5.91. The molecular formula is C12H16N2O4. The number of carboxylic acids is 1. The quantitative estimate of drug-likeness (QED) is 0.845. The van der Waals surface area contributed by atoms with Crippen molar-refractivity contribution in [2.75, 3.05) is 13.1 Å². The Morgan fingerprint density at radius 1 is 1.56 bits per heavy atom. The fourth-order valence-corrected chi connectivity index (χ4v) is 2.11. The van der Waals surface area contributed by atoms with Gasteiger partial charge in [0.2, 0.25) is 0 Å². The number of urea groups is 1. The molecule has 0 radical (unpaired) electrons. The second-order valence-electron chi connectivity index (χ2n) is 4.49. The van der Waals surface area contributed by atoms with Gasteiger partial charge in [0.15, 0.2) is 0 Å². The van der Waals surface area contributed by atoms with Gasteiger partial charge >= 0.3 is 12.0 Å². The van der Waals surface area contributed by atoms with E-state index in [-0.39, 0.29) is 18.4 Å². The van der Waals surface area contributed by atoms with Crippen molar-refractivity contribution < 1.29 is 19.1 Å². The van der Waals surface area contributed by atoms with E-state index in [9.17, 15) is 9.59 Å². The standard InChI is InChI=1S/C12H16N2O4/c15-11(16)5-9-1-3-14(7-9)12(17)13-6-10-2-4-18-8-10/h2,4,8-9H,1,3,5-7H2,(H,13,17)(H,15,16). The largest absolute Gasteiger partial charge is 0.481 e. The summed E-state index contributed by atoms with van der Waals surface area (Å²) in [5.41, 5.74) is 0.907. The van der Waals surface area contributed by atoms with Crippen LogP contribution >= 0.6 is 0 Å². The average Bonchev–Trinajstić information content (AvgIpc) is 2.95. The SMILES string of the molecule is O=C(O)CC1CCN(C(=O)NCc2ccoc2)C1. The number of hydrogen-bond acceptors (Lipinski definition) is 3. The minimum absolute atomic E-state index is 0.0715. The summed E-state index contributed by atoms with van der Waals surface area (Å²) in [5, 5.41) is 11.5. The minimum Gasteiger partial charge on any atom is -0.481 e. The van der Waals surface area contributed by atoms with Crippen LogP contribution in [0.25, 0.3) is 0 Å². The van der Waals surface area contributed by atoms with Crippen molar-refractivity contribution in [3.05, 3.63) is 24.2 Å². The molecular weight excluding hydrogens is 236 g/mol. The molecule has 0 aromatic carbocycles. The number of furan rings is 1. The molecule has 2 heterocycles. The molecule has 1 unspecified atom stereocenters. The summed E-state index contributed by atoms with van der Waals surface area (Å²) < 4.78 is 4.90. The monoisotopic (exact) mass is 252 g/mol. The van der Waals surface area contributed by atoms with Crippen LogP contribution < -0.4 is 5.32 Å². The summed E-state index contributed by atoms with van der Waals surface area (Å²) in [5.74, 6) is -0.733. The van der Waals surface area contributed by atoms with Gasteiger partial charge in [-0.05, 0) is 18.4 Å². The van der Waals surface area contributed by atoms with E-state index in [1.807, 2.05) is 0 Å². The van der Waals surface area contributed by atoms with Gasteiger partial charge in [-0.3, -0.25) is 4.79 Å². The Hall–Kier alpha value is -1.98. The van der Waals surface area contributed by atoms with Gasteiger partial charge in [0, 0.05) is 31.6 Å². The van der Waals surface area contributed by atoms with Gasteiger partial charge in [-0.2, -0.15) is 0 Å². The van der Waals surface area contributed by atoms with Crippen molar-refractivity contribution in [2.45, 2.75) is 19.4 Å². The topological polar surface area (TPSA) is 82.8 Å². The molecule has 1 aliphatic rings. The van der Waals surface area contributed by atoms with E-state index in [0.29, 0.717) is 19.6 Å². The fourth-order valence-electron chi connectivity index (χ4n) is 2.11. The van der Waals surface area contributed by atoms with Crippen LogP contribution in [0.2, 0.25) is 0 Å². The average molecular weight is 252 g/mol. The van der Waals surface area contributed by atoms with Crippen molar-refractivity contribution in [1.29, 1.82) is 0 Å². The predicted octanol–water partition coefficient (Wildman–Crippen LogP) is 1.29. The molecule has 2 amide bonds. The summed E-state index contributed by atoms with van der Waals surface area (Å²) in [6, 6.07) is 1.64. The zero-order chi connectivity index (χ0) is 13.0. The molecule has 2 N–H and O–H groups in total. The third-order valence-electron chi connectivity index (χ3n) is 3.06. The first kappa shape index (κ1) is 12.5. The molecule has 6 nitrogen and oxygen atoms in total. The second kappa shape index (κ2) is 5.57. The van der Waals surface area contributed by atoms with Crippen LogP contribution in [-0.4, -0.2) is 35.1 Å². The van der Waals surface area contributed by atoms with E-state index >= 15 is 0 Å². The van der Waals surface area contributed by atoms with Gasteiger partial charge in [0.1, 0.15) is 0 Å². The Balaban J connectivity index is 1.75. The molecule has 0 aliphatic carbocycles. The number of nitrogens with one attached hydrogen (secondary N) is 1. The number of carboxylic acid groups (broad SMARTS) is 1. The highest BCUT2D eigenvalue weighted by Crippen LogP contribution is 2.19. The summed E-state index contributed by atoms with van der Waals surface area (Å²) >= 11 is 0. The number of nitrogens with zero attached hydrogens (tertiary/aromatic N) is 1. The zero-order valence-electron chi connectivity index (χ0n) is 9.96. The smallest absolute Gasteiger partial charge is 0.317 e. The van der Waals surface area contributed by atoms with Crippen LogP contribution in [0.3, 0.4) is 0 Å². The maximum Gasteiger partial charge on any atom is 0.317 e. The lowest BCUT2D eigenvalue weighted by Crippen LogP contribution is -2.38. The Labute approximate surface area is 105 Å². The van der Waals surface area contributed by atoms with Crippen LogP contribution in [-0.2, 0) is 11.3 Å². The van der Waals surface area contributed by atoms with Gasteiger partial charge < -0.3 is 19.7 Å². The molecule has 1 aliphatic heterocycles. The van der Waals surface area contributed by atoms with E-state index < -0.39 is 5.97 Å². The highest BCUT2D eigenvalue weighted by Gasteiger charge is 2.27. The van der Waals surface area contributed by atoms with Crippen LogP contribution in [0.15, 0.2) is 23.0 Å². The number of aliphatic carboxylic acids is 1.